The number of fused-ring (bicyclic) bond motifs is 5. The maximum absolute atomic E-state index is 12.7. The first-order valence-corrected chi connectivity index (χ1v) is 10.3. The molecule has 1 aliphatic heterocycles. The minimum Gasteiger partial charge on any atom is -0.491 e. The Morgan fingerprint density at radius 1 is 1.25 bits per heavy atom. The molecule has 9 heteroatoms. The molecule has 0 aliphatic carbocycles. The third kappa shape index (κ3) is 3.91. The molecule has 0 spiro atoms. The van der Waals surface area contributed by atoms with E-state index >= 15 is 0 Å². The van der Waals surface area contributed by atoms with E-state index in [9.17, 15) is 22.8 Å². The summed E-state index contributed by atoms with van der Waals surface area (Å²) < 4.78 is 46.8. The van der Waals surface area contributed by atoms with Crippen LogP contribution in [0.2, 0.25) is 0 Å². The van der Waals surface area contributed by atoms with Gasteiger partial charge in [-0.3, -0.25) is 14.3 Å². The lowest BCUT2D eigenvalue weighted by Crippen LogP contribution is -2.35. The van der Waals surface area contributed by atoms with Crippen molar-refractivity contribution in [2.45, 2.75) is 52.9 Å². The Morgan fingerprint density at radius 2 is 1.97 bits per heavy atom. The summed E-state index contributed by atoms with van der Waals surface area (Å²) in [4.78, 5) is 24.7. The van der Waals surface area contributed by atoms with Crippen LogP contribution in [0.4, 0.5) is 13.2 Å². The van der Waals surface area contributed by atoms with E-state index in [1.54, 1.807) is 29.1 Å². The number of nitrogens with zero attached hydrogens (tertiary/aromatic N) is 3. The standard InChI is InChI=1S/C23H24F3N3O3/c1-13(30)15-11-28-16(10-17(15)31)21-14-6-5-7-18(32-9-8-23(24,25)26)20(14)27-29(21)12-19(28)22(2,3)4/h5-7,10-11,19H,8-9,12H2,1-4H3. The average Bonchev–Trinajstić information content (AvgIpc) is 3.04. The molecule has 0 fully saturated rings. The minimum absolute atomic E-state index is 0.104. The van der Waals surface area contributed by atoms with Crippen molar-refractivity contribution in [3.05, 3.63) is 46.2 Å². The lowest BCUT2D eigenvalue weighted by Gasteiger charge is -2.38. The quantitative estimate of drug-likeness (QED) is 0.528. The maximum Gasteiger partial charge on any atom is 0.392 e. The number of ketones is 1. The number of hydrogen-bond donors (Lipinski definition) is 0. The Kier molecular flexibility index (Phi) is 5.18. The molecule has 0 N–H and O–H groups in total. The molecular weight excluding hydrogens is 423 g/mol. The van der Waals surface area contributed by atoms with Crippen LogP contribution < -0.4 is 10.2 Å². The number of alkyl halides is 3. The van der Waals surface area contributed by atoms with Gasteiger partial charge in [-0.05, 0) is 18.4 Å². The zero-order valence-electron chi connectivity index (χ0n) is 18.3. The largest absolute Gasteiger partial charge is 0.491 e. The van der Waals surface area contributed by atoms with E-state index in [0.717, 1.165) is 0 Å². The highest BCUT2D eigenvalue weighted by Crippen LogP contribution is 2.43. The van der Waals surface area contributed by atoms with Crippen molar-refractivity contribution >= 4 is 16.7 Å². The number of pyridine rings is 1. The number of aromatic nitrogens is 3. The summed E-state index contributed by atoms with van der Waals surface area (Å²) in [5.74, 6) is -0.0440. The first-order chi connectivity index (χ1) is 14.9. The van der Waals surface area contributed by atoms with Crippen LogP contribution in [0.15, 0.2) is 35.3 Å². The Bertz CT molecular complexity index is 1270. The zero-order chi connectivity index (χ0) is 23.4. The first-order valence-electron chi connectivity index (χ1n) is 10.3. The maximum atomic E-state index is 12.7. The van der Waals surface area contributed by atoms with Gasteiger partial charge >= 0.3 is 6.18 Å². The second-order valence-electron chi connectivity index (χ2n) is 9.18. The predicted molar refractivity (Wildman–Crippen MR) is 114 cm³/mol. The van der Waals surface area contributed by atoms with E-state index < -0.39 is 19.2 Å². The van der Waals surface area contributed by atoms with Crippen LogP contribution in [0.1, 0.15) is 50.5 Å². The van der Waals surface area contributed by atoms with Crippen LogP contribution in [0.5, 0.6) is 5.75 Å². The third-order valence-electron chi connectivity index (χ3n) is 5.76. The molecule has 1 aliphatic rings. The molecule has 0 bridgehead atoms. The summed E-state index contributed by atoms with van der Waals surface area (Å²) >= 11 is 0. The van der Waals surface area contributed by atoms with Gasteiger partial charge in [0.15, 0.2) is 11.2 Å². The number of hydrogen-bond acceptors (Lipinski definition) is 4. The fourth-order valence-corrected chi connectivity index (χ4v) is 4.13. The third-order valence-corrected chi connectivity index (χ3v) is 5.76. The van der Waals surface area contributed by atoms with Crippen LogP contribution >= 0.6 is 0 Å². The molecule has 1 aromatic carbocycles. The van der Waals surface area contributed by atoms with Gasteiger partial charge in [-0.2, -0.15) is 18.3 Å². The van der Waals surface area contributed by atoms with Crippen molar-refractivity contribution in [3.63, 3.8) is 0 Å². The second kappa shape index (κ2) is 7.50. The molecule has 1 unspecified atom stereocenters. The molecular formula is C23H24F3N3O3. The monoisotopic (exact) mass is 447 g/mol. The zero-order valence-corrected chi connectivity index (χ0v) is 18.3. The number of ether oxygens (including phenoxy) is 1. The van der Waals surface area contributed by atoms with Gasteiger partial charge in [-0.15, -0.1) is 0 Å². The number of Topliss-reactive ketones (excluding diaryl/α,β-unsaturated/α-hetero) is 1. The van der Waals surface area contributed by atoms with E-state index in [1.807, 2.05) is 4.57 Å². The van der Waals surface area contributed by atoms with Crippen LogP contribution in [0.25, 0.3) is 22.3 Å². The van der Waals surface area contributed by atoms with E-state index in [-0.39, 0.29) is 34.0 Å². The SMILES string of the molecule is CC(=O)c1cn2c(cc1=O)-c1c3cccc(OCCC(F)(F)F)c3nn1CC2C(C)(C)C. The van der Waals surface area contributed by atoms with Crippen molar-refractivity contribution in [2.75, 3.05) is 6.61 Å². The first kappa shape index (κ1) is 22.1. The summed E-state index contributed by atoms with van der Waals surface area (Å²) in [6, 6.07) is 6.42. The Hall–Kier alpha value is -3.10. The predicted octanol–water partition coefficient (Wildman–Crippen LogP) is 5.00. The molecule has 0 saturated carbocycles. The van der Waals surface area contributed by atoms with Gasteiger partial charge in [-0.25, -0.2) is 0 Å². The van der Waals surface area contributed by atoms with Gasteiger partial charge in [0.2, 0.25) is 0 Å². The Morgan fingerprint density at radius 3 is 2.59 bits per heavy atom. The molecule has 1 atom stereocenters. The van der Waals surface area contributed by atoms with Crippen molar-refractivity contribution in [3.8, 4) is 17.1 Å². The number of benzene rings is 1. The highest BCUT2D eigenvalue weighted by molar-refractivity contribution is 5.97. The molecule has 4 rings (SSSR count). The van der Waals surface area contributed by atoms with Gasteiger partial charge in [0.05, 0.1) is 42.6 Å². The summed E-state index contributed by atoms with van der Waals surface area (Å²) in [7, 11) is 0. The summed E-state index contributed by atoms with van der Waals surface area (Å²) in [5.41, 5.74) is 1.25. The smallest absolute Gasteiger partial charge is 0.392 e. The van der Waals surface area contributed by atoms with Crippen molar-refractivity contribution in [1.29, 1.82) is 0 Å². The number of rotatable bonds is 4. The van der Waals surface area contributed by atoms with E-state index in [4.69, 9.17) is 4.74 Å². The molecule has 170 valence electrons. The molecule has 0 saturated heterocycles. The van der Waals surface area contributed by atoms with E-state index in [2.05, 4.69) is 25.9 Å². The lowest BCUT2D eigenvalue weighted by atomic mass is 9.84. The van der Waals surface area contributed by atoms with E-state index in [0.29, 0.717) is 28.8 Å². The van der Waals surface area contributed by atoms with Gasteiger partial charge in [0.1, 0.15) is 11.3 Å². The molecule has 3 heterocycles. The molecule has 2 aromatic heterocycles. The summed E-state index contributed by atoms with van der Waals surface area (Å²) in [6.45, 7) is 7.52. The van der Waals surface area contributed by atoms with Crippen LogP contribution in [-0.2, 0) is 6.54 Å². The van der Waals surface area contributed by atoms with Crippen molar-refractivity contribution < 1.29 is 22.7 Å². The normalized spacial score (nSPS) is 16.0. The van der Waals surface area contributed by atoms with Crippen molar-refractivity contribution in [2.24, 2.45) is 5.41 Å². The van der Waals surface area contributed by atoms with E-state index in [1.165, 1.54) is 13.0 Å². The van der Waals surface area contributed by atoms with Gasteiger partial charge in [-0.1, -0.05) is 32.9 Å². The molecule has 32 heavy (non-hydrogen) atoms. The fraction of sp³-hybridized carbons (Fsp3) is 0.435. The van der Waals surface area contributed by atoms with Crippen LogP contribution in [0.3, 0.4) is 0 Å². The van der Waals surface area contributed by atoms with Gasteiger partial charge in [0.25, 0.3) is 0 Å². The minimum atomic E-state index is -4.31. The van der Waals surface area contributed by atoms with Gasteiger partial charge < -0.3 is 9.30 Å². The highest BCUT2D eigenvalue weighted by Gasteiger charge is 2.35. The molecule has 3 aromatic rings. The highest BCUT2D eigenvalue weighted by atomic mass is 19.4. The molecule has 0 radical (unpaired) electrons. The Labute approximate surface area is 182 Å². The number of halogens is 3. The number of carbonyl (C=O) groups is 1. The fourth-order valence-electron chi connectivity index (χ4n) is 4.13. The summed E-state index contributed by atoms with van der Waals surface area (Å²) in [6.07, 6.45) is -3.76. The van der Waals surface area contributed by atoms with Gasteiger partial charge in [0, 0.05) is 17.6 Å². The van der Waals surface area contributed by atoms with Crippen LogP contribution in [0, 0.1) is 5.41 Å². The Balaban J connectivity index is 1.89. The molecule has 0 amide bonds. The van der Waals surface area contributed by atoms with Crippen molar-refractivity contribution in [1.82, 2.24) is 14.3 Å². The second-order valence-corrected chi connectivity index (χ2v) is 9.18. The molecule has 6 nitrogen and oxygen atoms in total. The van der Waals surface area contributed by atoms with Crippen LogP contribution in [-0.4, -0.2) is 32.9 Å². The topological polar surface area (TPSA) is 66.1 Å². The number of carbonyl (C=O) groups excluding carboxylic acids is 1. The summed E-state index contributed by atoms with van der Waals surface area (Å²) in [5, 5.41) is 5.32. The average molecular weight is 447 g/mol. The lowest BCUT2D eigenvalue weighted by molar-refractivity contribution is -0.139.